The van der Waals surface area contributed by atoms with E-state index in [2.05, 4.69) is 34.6 Å². The predicted molar refractivity (Wildman–Crippen MR) is 89.7 cm³/mol. The van der Waals surface area contributed by atoms with Crippen molar-refractivity contribution < 1.29 is 0 Å². The number of anilines is 1. The molecule has 3 heteroatoms. The quantitative estimate of drug-likeness (QED) is 0.759. The average Bonchev–Trinajstić information content (AvgIpc) is 2.62. The summed E-state index contributed by atoms with van der Waals surface area (Å²) in [6, 6.07) is 24.5. The van der Waals surface area contributed by atoms with E-state index in [4.69, 9.17) is 4.99 Å². The van der Waals surface area contributed by atoms with Gasteiger partial charge in [-0.15, -0.1) is 0 Å². The number of rotatable bonds is 2. The molecule has 1 N–H and O–H groups in total. The van der Waals surface area contributed by atoms with Crippen LogP contribution >= 0.6 is 0 Å². The topological polar surface area (TPSA) is 37.3 Å². The molecule has 1 aliphatic heterocycles. The first-order chi connectivity index (χ1) is 10.9. The van der Waals surface area contributed by atoms with E-state index >= 15 is 0 Å². The number of fused-ring (bicyclic) bond motifs is 1. The molecule has 0 spiro atoms. The van der Waals surface area contributed by atoms with Crippen LogP contribution in [-0.2, 0) is 0 Å². The van der Waals surface area contributed by atoms with Crippen molar-refractivity contribution >= 4 is 17.2 Å². The third-order valence-electron chi connectivity index (χ3n) is 3.78. The van der Waals surface area contributed by atoms with E-state index < -0.39 is 0 Å². The van der Waals surface area contributed by atoms with Crippen molar-refractivity contribution in [3.63, 3.8) is 0 Å². The first kappa shape index (κ1) is 12.8. The SMILES string of the molecule is c1ccc(C2=Nc3cccnc3NC2c2ccccc2)cc1. The second-order valence-corrected chi connectivity index (χ2v) is 5.22. The van der Waals surface area contributed by atoms with Gasteiger partial charge in [0.1, 0.15) is 5.69 Å². The Bertz CT molecular complexity index is 810. The van der Waals surface area contributed by atoms with Crippen LogP contribution in [0.3, 0.4) is 0 Å². The Labute approximate surface area is 129 Å². The summed E-state index contributed by atoms with van der Waals surface area (Å²) < 4.78 is 0. The Kier molecular flexibility index (Phi) is 3.16. The van der Waals surface area contributed by atoms with Crippen LogP contribution in [0.4, 0.5) is 11.5 Å². The van der Waals surface area contributed by atoms with Crippen molar-refractivity contribution in [1.82, 2.24) is 4.98 Å². The Balaban J connectivity index is 1.87. The normalized spacial score (nSPS) is 16.4. The van der Waals surface area contributed by atoms with Gasteiger partial charge < -0.3 is 5.32 Å². The van der Waals surface area contributed by atoms with E-state index in [0.717, 1.165) is 22.8 Å². The van der Waals surface area contributed by atoms with Gasteiger partial charge in [-0.2, -0.15) is 0 Å². The highest BCUT2D eigenvalue weighted by Gasteiger charge is 2.25. The lowest BCUT2D eigenvalue weighted by atomic mass is 9.95. The smallest absolute Gasteiger partial charge is 0.152 e. The third-order valence-corrected chi connectivity index (χ3v) is 3.78. The molecule has 0 amide bonds. The van der Waals surface area contributed by atoms with E-state index in [0.29, 0.717) is 0 Å². The molecule has 106 valence electrons. The van der Waals surface area contributed by atoms with Gasteiger partial charge in [0.25, 0.3) is 0 Å². The van der Waals surface area contributed by atoms with Gasteiger partial charge in [0, 0.05) is 6.20 Å². The lowest BCUT2D eigenvalue weighted by molar-refractivity contribution is 0.992. The third kappa shape index (κ3) is 2.27. The predicted octanol–water partition coefficient (Wildman–Crippen LogP) is 4.37. The largest absolute Gasteiger partial charge is 0.356 e. The zero-order valence-corrected chi connectivity index (χ0v) is 12.0. The Morgan fingerprint density at radius 2 is 1.50 bits per heavy atom. The van der Waals surface area contributed by atoms with Crippen LogP contribution in [0.15, 0.2) is 84.0 Å². The van der Waals surface area contributed by atoms with Crippen molar-refractivity contribution in [1.29, 1.82) is 0 Å². The van der Waals surface area contributed by atoms with E-state index in [-0.39, 0.29) is 6.04 Å². The Morgan fingerprint density at radius 3 is 2.27 bits per heavy atom. The molecule has 0 bridgehead atoms. The maximum Gasteiger partial charge on any atom is 0.152 e. The molecule has 1 unspecified atom stereocenters. The van der Waals surface area contributed by atoms with Gasteiger partial charge in [0.05, 0.1) is 11.8 Å². The highest BCUT2D eigenvalue weighted by molar-refractivity contribution is 6.09. The van der Waals surface area contributed by atoms with Gasteiger partial charge in [0.2, 0.25) is 0 Å². The van der Waals surface area contributed by atoms with Crippen LogP contribution in [0.2, 0.25) is 0 Å². The zero-order chi connectivity index (χ0) is 14.8. The zero-order valence-electron chi connectivity index (χ0n) is 12.0. The number of aliphatic imine (C=N–C) groups is 1. The summed E-state index contributed by atoms with van der Waals surface area (Å²) in [4.78, 5) is 9.27. The monoisotopic (exact) mass is 285 g/mol. The summed E-state index contributed by atoms with van der Waals surface area (Å²) in [6.45, 7) is 0. The highest BCUT2D eigenvalue weighted by atomic mass is 15.1. The second kappa shape index (κ2) is 5.45. The molecule has 0 aliphatic carbocycles. The van der Waals surface area contributed by atoms with E-state index in [1.807, 2.05) is 48.5 Å². The summed E-state index contributed by atoms with van der Waals surface area (Å²) in [5.74, 6) is 0.830. The first-order valence-electron chi connectivity index (χ1n) is 7.32. The van der Waals surface area contributed by atoms with E-state index in [9.17, 15) is 0 Å². The lowest BCUT2D eigenvalue weighted by Crippen LogP contribution is -2.25. The van der Waals surface area contributed by atoms with E-state index in [1.165, 1.54) is 5.56 Å². The van der Waals surface area contributed by atoms with E-state index in [1.54, 1.807) is 6.20 Å². The fraction of sp³-hybridized carbons (Fsp3) is 0.0526. The van der Waals surface area contributed by atoms with Gasteiger partial charge in [0.15, 0.2) is 5.82 Å². The van der Waals surface area contributed by atoms with Gasteiger partial charge in [-0.1, -0.05) is 60.7 Å². The molecular formula is C19H15N3. The number of pyridine rings is 1. The van der Waals surface area contributed by atoms with Gasteiger partial charge in [-0.05, 0) is 23.3 Å². The average molecular weight is 285 g/mol. The van der Waals surface area contributed by atoms with Crippen molar-refractivity contribution in [3.8, 4) is 0 Å². The van der Waals surface area contributed by atoms with Crippen molar-refractivity contribution in [2.45, 2.75) is 6.04 Å². The first-order valence-corrected chi connectivity index (χ1v) is 7.32. The lowest BCUT2D eigenvalue weighted by Gasteiger charge is -2.27. The minimum atomic E-state index is 0.00556. The minimum absolute atomic E-state index is 0.00556. The van der Waals surface area contributed by atoms with Crippen LogP contribution in [0.25, 0.3) is 0 Å². The number of nitrogens with zero attached hydrogens (tertiary/aromatic N) is 2. The number of hydrogen-bond donors (Lipinski definition) is 1. The molecule has 3 aromatic rings. The molecule has 0 radical (unpaired) electrons. The molecule has 22 heavy (non-hydrogen) atoms. The molecule has 1 aliphatic rings. The van der Waals surface area contributed by atoms with Crippen LogP contribution < -0.4 is 5.32 Å². The molecule has 4 rings (SSSR count). The fourth-order valence-corrected chi connectivity index (χ4v) is 2.72. The molecule has 0 fully saturated rings. The van der Waals surface area contributed by atoms with Gasteiger partial charge >= 0.3 is 0 Å². The molecule has 2 heterocycles. The summed E-state index contributed by atoms with van der Waals surface area (Å²) in [6.07, 6.45) is 1.79. The van der Waals surface area contributed by atoms with Gasteiger partial charge in [-0.25, -0.2) is 9.98 Å². The van der Waals surface area contributed by atoms with Crippen molar-refractivity contribution in [2.24, 2.45) is 4.99 Å². The van der Waals surface area contributed by atoms with Crippen LogP contribution in [0.1, 0.15) is 17.2 Å². The Hall–Kier alpha value is -2.94. The molecule has 2 aromatic carbocycles. The maximum absolute atomic E-state index is 4.87. The molecule has 0 saturated heterocycles. The number of benzene rings is 2. The highest BCUT2D eigenvalue weighted by Crippen LogP contribution is 2.34. The summed E-state index contributed by atoms with van der Waals surface area (Å²) >= 11 is 0. The summed E-state index contributed by atoms with van der Waals surface area (Å²) in [5.41, 5.74) is 4.21. The van der Waals surface area contributed by atoms with Crippen LogP contribution in [-0.4, -0.2) is 10.7 Å². The summed E-state index contributed by atoms with van der Waals surface area (Å²) in [5, 5.41) is 3.52. The number of aromatic nitrogens is 1. The van der Waals surface area contributed by atoms with Crippen molar-refractivity contribution in [3.05, 3.63) is 90.1 Å². The molecule has 1 atom stereocenters. The molecular weight excluding hydrogens is 270 g/mol. The van der Waals surface area contributed by atoms with Crippen LogP contribution in [0, 0.1) is 0 Å². The van der Waals surface area contributed by atoms with Crippen LogP contribution in [0.5, 0.6) is 0 Å². The minimum Gasteiger partial charge on any atom is -0.356 e. The standard InChI is InChI=1S/C19H15N3/c1-3-8-14(9-4-1)17-18(15-10-5-2-6-11-15)22-19-16(21-17)12-7-13-20-19/h1-13,18H,(H,20,22). The maximum atomic E-state index is 4.87. The molecule has 3 nitrogen and oxygen atoms in total. The summed E-state index contributed by atoms with van der Waals surface area (Å²) in [7, 11) is 0. The van der Waals surface area contributed by atoms with Gasteiger partial charge in [-0.3, -0.25) is 0 Å². The number of nitrogens with one attached hydrogen (secondary N) is 1. The second-order valence-electron chi connectivity index (χ2n) is 5.22. The Morgan fingerprint density at radius 1 is 0.773 bits per heavy atom. The number of hydrogen-bond acceptors (Lipinski definition) is 3. The fourth-order valence-electron chi connectivity index (χ4n) is 2.72. The van der Waals surface area contributed by atoms with Crippen molar-refractivity contribution in [2.75, 3.05) is 5.32 Å². The molecule has 0 saturated carbocycles. The molecule has 1 aromatic heterocycles.